The molecule has 0 unspecified atom stereocenters. The second-order valence-corrected chi connectivity index (χ2v) is 4.72. The van der Waals surface area contributed by atoms with E-state index in [1.165, 1.54) is 18.5 Å². The zero-order valence-corrected chi connectivity index (χ0v) is 10.6. The number of hydrogen-bond donors (Lipinski definition) is 2. The van der Waals surface area contributed by atoms with Crippen molar-refractivity contribution in [1.29, 1.82) is 0 Å². The second-order valence-electron chi connectivity index (χ2n) is 4.72. The van der Waals surface area contributed by atoms with E-state index in [4.69, 9.17) is 9.84 Å². The number of rotatable bonds is 4. The molecule has 2 N–H and O–H groups in total. The lowest BCUT2D eigenvalue weighted by Crippen LogP contribution is -2.27. The number of aromatic nitrogens is 1. The first-order valence-corrected chi connectivity index (χ1v) is 5.40. The zero-order valence-electron chi connectivity index (χ0n) is 10.6. The first-order chi connectivity index (χ1) is 8.28. The van der Waals surface area contributed by atoms with E-state index < -0.39 is 11.6 Å². The molecule has 0 aromatic carbocycles. The van der Waals surface area contributed by atoms with Gasteiger partial charge in [0.1, 0.15) is 6.61 Å². The van der Waals surface area contributed by atoms with Gasteiger partial charge in [-0.15, -0.1) is 0 Å². The van der Waals surface area contributed by atoms with Gasteiger partial charge in [-0.1, -0.05) is 0 Å². The van der Waals surface area contributed by atoms with Crippen LogP contribution in [-0.4, -0.2) is 34.2 Å². The molecule has 0 atom stereocenters. The molecule has 6 nitrogen and oxygen atoms in total. The van der Waals surface area contributed by atoms with Crippen LogP contribution in [0.2, 0.25) is 0 Å². The summed E-state index contributed by atoms with van der Waals surface area (Å²) in [6, 6.07) is 1.34. The molecule has 0 fully saturated rings. The Kier molecular flexibility index (Phi) is 4.38. The van der Waals surface area contributed by atoms with Crippen molar-refractivity contribution in [3.05, 3.63) is 24.0 Å². The van der Waals surface area contributed by atoms with Crippen molar-refractivity contribution in [3.8, 4) is 0 Å². The van der Waals surface area contributed by atoms with Crippen LogP contribution in [0.3, 0.4) is 0 Å². The summed E-state index contributed by atoms with van der Waals surface area (Å²) in [5.74, 6) is -1.45. The summed E-state index contributed by atoms with van der Waals surface area (Å²) in [6.45, 7) is 5.42. The van der Waals surface area contributed by atoms with Crippen LogP contribution in [0.4, 0.5) is 5.69 Å². The number of nitrogens with one attached hydrogen (secondary N) is 1. The molecule has 0 bridgehead atoms. The summed E-state index contributed by atoms with van der Waals surface area (Å²) in [5, 5.41) is 11.3. The van der Waals surface area contributed by atoms with E-state index in [9.17, 15) is 9.59 Å². The minimum Gasteiger partial charge on any atom is -0.478 e. The van der Waals surface area contributed by atoms with Gasteiger partial charge in [-0.25, -0.2) is 4.79 Å². The van der Waals surface area contributed by atoms with Gasteiger partial charge in [0, 0.05) is 6.20 Å². The van der Waals surface area contributed by atoms with Crippen molar-refractivity contribution < 1.29 is 19.4 Å². The lowest BCUT2D eigenvalue weighted by Gasteiger charge is -2.18. The molecule has 0 spiro atoms. The molecule has 1 aromatic rings. The van der Waals surface area contributed by atoms with E-state index >= 15 is 0 Å². The number of nitrogens with zero attached hydrogens (tertiary/aromatic N) is 1. The van der Waals surface area contributed by atoms with Crippen molar-refractivity contribution in [2.45, 2.75) is 26.4 Å². The summed E-state index contributed by atoms with van der Waals surface area (Å²) in [4.78, 5) is 26.0. The van der Waals surface area contributed by atoms with Crippen LogP contribution < -0.4 is 5.32 Å². The van der Waals surface area contributed by atoms with E-state index in [2.05, 4.69) is 10.3 Å². The Morgan fingerprint density at radius 2 is 2.06 bits per heavy atom. The number of carboxylic acid groups (broad SMARTS) is 1. The molecule has 0 saturated heterocycles. The van der Waals surface area contributed by atoms with Crippen LogP contribution in [0.1, 0.15) is 31.1 Å². The van der Waals surface area contributed by atoms with Gasteiger partial charge in [0.2, 0.25) is 5.91 Å². The first-order valence-electron chi connectivity index (χ1n) is 5.40. The van der Waals surface area contributed by atoms with Gasteiger partial charge < -0.3 is 15.2 Å². The van der Waals surface area contributed by atoms with E-state index in [-0.39, 0.29) is 18.1 Å². The van der Waals surface area contributed by atoms with Crippen LogP contribution in [0, 0.1) is 0 Å². The monoisotopic (exact) mass is 252 g/mol. The predicted molar refractivity (Wildman–Crippen MR) is 65.5 cm³/mol. The molecular formula is C12H16N2O4. The number of carboxylic acids is 1. The normalized spacial score (nSPS) is 11.1. The quantitative estimate of drug-likeness (QED) is 0.848. The Labute approximate surface area is 105 Å². The summed E-state index contributed by atoms with van der Waals surface area (Å²) in [5.41, 5.74) is -0.0552. The highest BCUT2D eigenvalue weighted by Gasteiger charge is 2.13. The first kappa shape index (κ1) is 14.1. The summed E-state index contributed by atoms with van der Waals surface area (Å²) in [7, 11) is 0. The molecule has 0 aliphatic rings. The molecule has 0 saturated carbocycles. The van der Waals surface area contributed by atoms with Gasteiger partial charge in [-0.05, 0) is 26.8 Å². The Bertz CT molecular complexity index is 452. The van der Waals surface area contributed by atoms with Gasteiger partial charge in [0.25, 0.3) is 0 Å². The maximum Gasteiger partial charge on any atom is 0.337 e. The van der Waals surface area contributed by atoms with Crippen LogP contribution in [0.5, 0.6) is 0 Å². The Morgan fingerprint density at radius 3 is 2.61 bits per heavy atom. The van der Waals surface area contributed by atoms with Crippen molar-refractivity contribution in [3.63, 3.8) is 0 Å². The van der Waals surface area contributed by atoms with Gasteiger partial charge in [-0.2, -0.15) is 0 Å². The summed E-state index contributed by atoms with van der Waals surface area (Å²) >= 11 is 0. The SMILES string of the molecule is CC(C)(C)OCC(=O)Nc1cncc(C(=O)O)c1. The highest BCUT2D eigenvalue weighted by atomic mass is 16.5. The second kappa shape index (κ2) is 5.59. The number of carbonyl (C=O) groups is 2. The maximum absolute atomic E-state index is 11.5. The number of aromatic carboxylic acids is 1. The third-order valence-electron chi connectivity index (χ3n) is 1.91. The number of ether oxygens (including phenoxy) is 1. The largest absolute Gasteiger partial charge is 0.478 e. The highest BCUT2D eigenvalue weighted by molar-refractivity contribution is 5.94. The Morgan fingerprint density at radius 1 is 1.39 bits per heavy atom. The number of pyridine rings is 1. The number of hydrogen-bond acceptors (Lipinski definition) is 4. The minimum atomic E-state index is -1.09. The highest BCUT2D eigenvalue weighted by Crippen LogP contribution is 2.10. The van der Waals surface area contributed by atoms with E-state index in [0.29, 0.717) is 5.69 Å². The molecular weight excluding hydrogens is 236 g/mol. The standard InChI is InChI=1S/C12H16N2O4/c1-12(2,3)18-7-10(15)14-9-4-8(11(16)17)5-13-6-9/h4-6H,7H2,1-3H3,(H,14,15)(H,16,17). The fourth-order valence-corrected chi connectivity index (χ4v) is 1.10. The van der Waals surface area contributed by atoms with Crippen molar-refractivity contribution >= 4 is 17.6 Å². The van der Waals surface area contributed by atoms with Crippen molar-refractivity contribution in [1.82, 2.24) is 4.98 Å². The van der Waals surface area contributed by atoms with E-state index in [0.717, 1.165) is 0 Å². The number of carbonyl (C=O) groups excluding carboxylic acids is 1. The Hall–Kier alpha value is -1.95. The third-order valence-corrected chi connectivity index (χ3v) is 1.91. The number of amides is 1. The smallest absolute Gasteiger partial charge is 0.337 e. The van der Waals surface area contributed by atoms with Crippen molar-refractivity contribution in [2.24, 2.45) is 0 Å². The number of anilines is 1. The molecule has 0 radical (unpaired) electrons. The van der Waals surface area contributed by atoms with Gasteiger partial charge in [-0.3, -0.25) is 9.78 Å². The minimum absolute atomic E-state index is 0.0181. The average molecular weight is 252 g/mol. The molecule has 0 aliphatic heterocycles. The molecule has 1 aromatic heterocycles. The zero-order chi connectivity index (χ0) is 13.8. The summed E-state index contributed by atoms with van der Waals surface area (Å²) in [6.07, 6.45) is 2.59. The van der Waals surface area contributed by atoms with Gasteiger partial charge in [0.05, 0.1) is 23.0 Å². The average Bonchev–Trinajstić information content (AvgIpc) is 2.26. The predicted octanol–water partition coefficient (Wildman–Crippen LogP) is 1.53. The third kappa shape index (κ3) is 4.92. The van der Waals surface area contributed by atoms with Gasteiger partial charge >= 0.3 is 5.97 Å². The van der Waals surface area contributed by atoms with Gasteiger partial charge in [0.15, 0.2) is 0 Å². The molecule has 1 rings (SSSR count). The lowest BCUT2D eigenvalue weighted by molar-refractivity contribution is -0.125. The topological polar surface area (TPSA) is 88.5 Å². The molecule has 18 heavy (non-hydrogen) atoms. The van der Waals surface area contributed by atoms with E-state index in [1.807, 2.05) is 20.8 Å². The molecule has 98 valence electrons. The van der Waals surface area contributed by atoms with Crippen LogP contribution >= 0.6 is 0 Å². The summed E-state index contributed by atoms with van der Waals surface area (Å²) < 4.78 is 5.29. The molecule has 0 aliphatic carbocycles. The van der Waals surface area contributed by atoms with Crippen LogP contribution in [-0.2, 0) is 9.53 Å². The maximum atomic E-state index is 11.5. The molecule has 1 heterocycles. The molecule has 6 heteroatoms. The lowest BCUT2D eigenvalue weighted by atomic mass is 10.2. The fourth-order valence-electron chi connectivity index (χ4n) is 1.10. The van der Waals surface area contributed by atoms with Crippen LogP contribution in [0.15, 0.2) is 18.5 Å². The fraction of sp³-hybridized carbons (Fsp3) is 0.417. The molecule has 1 amide bonds. The van der Waals surface area contributed by atoms with Crippen LogP contribution in [0.25, 0.3) is 0 Å². The Balaban J connectivity index is 2.59. The van der Waals surface area contributed by atoms with E-state index in [1.54, 1.807) is 0 Å². The van der Waals surface area contributed by atoms with Crippen molar-refractivity contribution in [2.75, 3.05) is 11.9 Å².